The van der Waals surface area contributed by atoms with Crippen LogP contribution >= 0.6 is 0 Å². The highest BCUT2D eigenvalue weighted by Gasteiger charge is 2.30. The molecule has 0 atom stereocenters. The first-order chi connectivity index (χ1) is 36.4. The second-order valence-corrected chi connectivity index (χ2v) is 21.9. The molecular formula is C71H58N4. The molecule has 12 rings (SSSR count). The summed E-state index contributed by atoms with van der Waals surface area (Å²) >= 11 is 0. The zero-order chi connectivity index (χ0) is 51.3. The number of nitrogens with zero attached hydrogens (tertiary/aromatic N) is 4. The predicted octanol–water partition coefficient (Wildman–Crippen LogP) is 18.4. The number of aromatic nitrogens is 4. The summed E-state index contributed by atoms with van der Waals surface area (Å²) in [4.78, 5) is 16.4. The molecule has 0 radical (unpaired) electrons. The standard InChI is InChI=1S/C71H58N4/c1-70(2,3)58-36-38-64-62(45-58)63-46-59(71(4,5)6)37-39-65(63)75(64)66-60(51-28-18-10-19-29-51)43-57(44-61(66)52-30-20-11-21-31-52)69-73-67(53-34-32-50(33-35-53)47-22-12-7-13-23-47)72-68(74-69)56-41-54(48-24-14-8-15-25-48)40-55(42-56)49-26-16-9-17-27-49/h7-20,22-30,32-36,38,40-46H,37,39H2,1-6H3. The van der Waals surface area contributed by atoms with Crippen LogP contribution in [-0.2, 0) is 11.8 Å². The third-order valence-electron chi connectivity index (χ3n) is 14.8. The maximum atomic E-state index is 5.53. The van der Waals surface area contributed by atoms with Gasteiger partial charge in [0.1, 0.15) is 0 Å². The van der Waals surface area contributed by atoms with Gasteiger partial charge in [0.05, 0.1) is 11.2 Å². The molecule has 1 aliphatic carbocycles. The van der Waals surface area contributed by atoms with Crippen LogP contribution in [0.5, 0.6) is 0 Å². The Kier molecular flexibility index (Phi) is 12.0. The molecule has 0 aliphatic heterocycles. The number of allylic oxidation sites excluding steroid dienone is 1. The summed E-state index contributed by atoms with van der Waals surface area (Å²) in [6, 6.07) is 82.4. The van der Waals surface area contributed by atoms with Crippen LogP contribution in [0.3, 0.4) is 0 Å². The van der Waals surface area contributed by atoms with Crippen molar-refractivity contribution in [2.45, 2.75) is 59.8 Å². The van der Waals surface area contributed by atoms with Gasteiger partial charge in [-0.3, -0.25) is 0 Å². The summed E-state index contributed by atoms with van der Waals surface area (Å²) < 4.78 is 2.56. The smallest absolute Gasteiger partial charge is 0.164 e. The van der Waals surface area contributed by atoms with Gasteiger partial charge in [-0.25, -0.2) is 15.0 Å². The van der Waals surface area contributed by atoms with Crippen molar-refractivity contribution in [3.8, 4) is 95.5 Å². The second kappa shape index (κ2) is 19.2. The Morgan fingerprint density at radius 3 is 1.45 bits per heavy atom. The summed E-state index contributed by atoms with van der Waals surface area (Å²) in [7, 11) is 0. The molecule has 4 nitrogen and oxygen atoms in total. The number of hydrogen-bond acceptors (Lipinski definition) is 3. The number of fused-ring (bicyclic) bond motifs is 3. The van der Waals surface area contributed by atoms with Gasteiger partial charge in [0.15, 0.2) is 17.5 Å². The summed E-state index contributed by atoms with van der Waals surface area (Å²) in [5.41, 5.74) is 21.2. The highest BCUT2D eigenvalue weighted by atomic mass is 15.0. The fourth-order valence-electron chi connectivity index (χ4n) is 10.7. The second-order valence-electron chi connectivity index (χ2n) is 21.9. The lowest BCUT2D eigenvalue weighted by atomic mass is 9.79. The van der Waals surface area contributed by atoms with Crippen molar-refractivity contribution >= 4 is 17.0 Å². The number of hydrogen-bond donors (Lipinski definition) is 0. The summed E-state index contributed by atoms with van der Waals surface area (Å²) in [5.74, 6) is 1.75. The average Bonchev–Trinajstić information content (AvgIpc) is 3.83. The van der Waals surface area contributed by atoms with E-state index in [1.165, 1.54) is 33.3 Å². The predicted molar refractivity (Wildman–Crippen MR) is 312 cm³/mol. The third-order valence-corrected chi connectivity index (χ3v) is 14.8. The topological polar surface area (TPSA) is 43.6 Å². The lowest BCUT2D eigenvalue weighted by molar-refractivity contribution is 0.483. The summed E-state index contributed by atoms with van der Waals surface area (Å²) in [6.07, 6.45) is 4.39. The molecule has 2 aromatic heterocycles. The average molecular weight is 967 g/mol. The highest BCUT2D eigenvalue weighted by molar-refractivity contribution is 5.99. The van der Waals surface area contributed by atoms with Crippen molar-refractivity contribution in [1.29, 1.82) is 0 Å². The summed E-state index contributed by atoms with van der Waals surface area (Å²) in [5, 5.41) is 1.27. The molecule has 0 saturated heterocycles. The van der Waals surface area contributed by atoms with Crippen LogP contribution in [0.4, 0.5) is 0 Å². The molecule has 0 N–H and O–H groups in total. The Balaban J connectivity index is 1.14. The van der Waals surface area contributed by atoms with E-state index in [4.69, 9.17) is 15.0 Å². The Hall–Kier alpha value is -8.91. The van der Waals surface area contributed by atoms with Crippen LogP contribution in [0.15, 0.2) is 218 Å². The van der Waals surface area contributed by atoms with Crippen molar-refractivity contribution in [3.63, 3.8) is 0 Å². The summed E-state index contributed by atoms with van der Waals surface area (Å²) in [6.45, 7) is 13.9. The van der Waals surface area contributed by atoms with E-state index in [2.05, 4.69) is 265 Å². The van der Waals surface area contributed by atoms with Crippen molar-refractivity contribution in [3.05, 3.63) is 247 Å². The molecule has 0 fully saturated rings. The molecule has 0 saturated carbocycles. The zero-order valence-corrected chi connectivity index (χ0v) is 43.5. The maximum absolute atomic E-state index is 5.53. The van der Waals surface area contributed by atoms with Gasteiger partial charge in [-0.05, 0) is 123 Å². The van der Waals surface area contributed by atoms with Crippen molar-refractivity contribution in [2.75, 3.05) is 0 Å². The Morgan fingerprint density at radius 2 is 0.907 bits per heavy atom. The molecule has 2 heterocycles. The third kappa shape index (κ3) is 9.28. The first kappa shape index (κ1) is 47.1. The van der Waals surface area contributed by atoms with Crippen molar-refractivity contribution in [1.82, 2.24) is 19.5 Å². The van der Waals surface area contributed by atoms with Crippen LogP contribution in [0.25, 0.3) is 112 Å². The SMILES string of the molecule is CC(C)(C)C1=Cc2c(n(-c3c(-c4c#cccc4)cc(-c4nc(-c5ccc(-c6ccccc6)cc5)nc(-c5cc(-c6ccccc6)cc(-c6ccccc6)c5)n4)cc3-c3ccccc3)c3ccc(C(C)(C)C)cc23)CC1. The highest BCUT2D eigenvalue weighted by Crippen LogP contribution is 2.47. The van der Waals surface area contributed by atoms with E-state index < -0.39 is 0 Å². The van der Waals surface area contributed by atoms with E-state index in [9.17, 15) is 0 Å². The minimum Gasteiger partial charge on any atom is -0.312 e. The van der Waals surface area contributed by atoms with Crippen LogP contribution in [0.1, 0.15) is 64.8 Å². The van der Waals surface area contributed by atoms with E-state index in [0.29, 0.717) is 17.5 Å². The van der Waals surface area contributed by atoms with E-state index in [0.717, 1.165) is 90.9 Å². The Bertz CT molecular complexity index is 3780. The molecule has 1 aliphatic rings. The molecule has 11 aromatic rings. The van der Waals surface area contributed by atoms with E-state index in [-0.39, 0.29) is 10.8 Å². The molecular weight excluding hydrogens is 909 g/mol. The van der Waals surface area contributed by atoms with Crippen LogP contribution in [-0.4, -0.2) is 19.5 Å². The van der Waals surface area contributed by atoms with E-state index in [1.54, 1.807) is 0 Å². The molecule has 362 valence electrons. The molecule has 0 unspecified atom stereocenters. The van der Waals surface area contributed by atoms with Crippen molar-refractivity contribution < 1.29 is 0 Å². The Labute approximate surface area is 441 Å². The van der Waals surface area contributed by atoms with Gasteiger partial charge in [-0.15, -0.1) is 0 Å². The molecule has 0 amide bonds. The van der Waals surface area contributed by atoms with Gasteiger partial charge < -0.3 is 4.57 Å². The molecule has 9 aromatic carbocycles. The fourth-order valence-corrected chi connectivity index (χ4v) is 10.7. The van der Waals surface area contributed by atoms with Gasteiger partial charge in [-0.2, -0.15) is 0 Å². The van der Waals surface area contributed by atoms with E-state index >= 15 is 0 Å². The molecule has 0 bridgehead atoms. The minimum absolute atomic E-state index is 0.0244. The minimum atomic E-state index is -0.0244. The fraction of sp³-hybridized carbons (Fsp3) is 0.141. The first-order valence-electron chi connectivity index (χ1n) is 26.1. The lowest BCUT2D eigenvalue weighted by Crippen LogP contribution is -2.15. The zero-order valence-electron chi connectivity index (χ0n) is 43.5. The van der Waals surface area contributed by atoms with Crippen molar-refractivity contribution in [2.24, 2.45) is 5.41 Å². The van der Waals surface area contributed by atoms with Gasteiger partial charge in [0.25, 0.3) is 0 Å². The number of rotatable bonds is 9. The van der Waals surface area contributed by atoms with E-state index in [1.807, 2.05) is 12.1 Å². The lowest BCUT2D eigenvalue weighted by Gasteiger charge is -2.28. The van der Waals surface area contributed by atoms with Gasteiger partial charge in [-0.1, -0.05) is 223 Å². The van der Waals surface area contributed by atoms with Crippen LogP contribution in [0, 0.1) is 17.5 Å². The largest absolute Gasteiger partial charge is 0.312 e. The quantitative estimate of drug-likeness (QED) is 0.145. The van der Waals surface area contributed by atoms with Crippen LogP contribution in [0.2, 0.25) is 0 Å². The molecule has 4 heteroatoms. The maximum Gasteiger partial charge on any atom is 0.164 e. The molecule has 0 spiro atoms. The van der Waals surface area contributed by atoms with Gasteiger partial charge in [0, 0.05) is 50.0 Å². The molecule has 75 heavy (non-hydrogen) atoms. The van der Waals surface area contributed by atoms with Crippen LogP contribution < -0.4 is 0 Å². The monoisotopic (exact) mass is 966 g/mol. The Morgan fingerprint density at radius 1 is 0.413 bits per heavy atom. The van der Waals surface area contributed by atoms with Gasteiger partial charge in [0.2, 0.25) is 0 Å². The van der Waals surface area contributed by atoms with Gasteiger partial charge >= 0.3 is 0 Å². The normalized spacial score (nSPS) is 12.5. The first-order valence-corrected chi connectivity index (χ1v) is 26.1. The number of benzene rings is 8.